The lowest BCUT2D eigenvalue weighted by Crippen LogP contribution is -2.10. The fourth-order valence-corrected chi connectivity index (χ4v) is 1.83. The Balaban J connectivity index is 0.000000219. The Morgan fingerprint density at radius 1 is 1.00 bits per heavy atom. The standard InChI is InChI=1S/C10H13NO.C8H11N/c1-2-6-10(12)11-9-7-4-3-5-8-9;1-2-7-5-3-4-6-8(7)9/h3-5,7-8H,2,6H2,1H3,(H,11,12);3-6H,2,9H2,1H3. The Kier molecular flexibility index (Phi) is 7.65. The van der Waals surface area contributed by atoms with Crippen molar-refractivity contribution in [1.29, 1.82) is 0 Å². The summed E-state index contributed by atoms with van der Waals surface area (Å²) in [5.41, 5.74) is 8.64. The van der Waals surface area contributed by atoms with E-state index >= 15 is 0 Å². The van der Waals surface area contributed by atoms with Crippen molar-refractivity contribution in [3.63, 3.8) is 0 Å². The maximum atomic E-state index is 11.1. The Labute approximate surface area is 127 Å². The summed E-state index contributed by atoms with van der Waals surface area (Å²) in [5.74, 6) is 0.0868. The van der Waals surface area contributed by atoms with Crippen LogP contribution in [0.1, 0.15) is 32.3 Å². The fourth-order valence-electron chi connectivity index (χ4n) is 1.83. The van der Waals surface area contributed by atoms with Gasteiger partial charge in [0.05, 0.1) is 0 Å². The van der Waals surface area contributed by atoms with Crippen LogP contribution in [0.2, 0.25) is 0 Å². The van der Waals surface area contributed by atoms with E-state index in [1.54, 1.807) is 0 Å². The fraction of sp³-hybridized carbons (Fsp3) is 0.278. The summed E-state index contributed by atoms with van der Waals surface area (Å²) in [6.07, 6.45) is 2.50. The van der Waals surface area contributed by atoms with Crippen LogP contribution in [0.4, 0.5) is 11.4 Å². The zero-order chi connectivity index (χ0) is 15.5. The number of hydrogen-bond acceptors (Lipinski definition) is 2. The van der Waals surface area contributed by atoms with Gasteiger partial charge in [-0.2, -0.15) is 0 Å². The number of nitrogens with two attached hydrogens (primary N) is 1. The molecule has 0 radical (unpaired) electrons. The van der Waals surface area contributed by atoms with Gasteiger partial charge in [-0.1, -0.05) is 50.2 Å². The van der Waals surface area contributed by atoms with E-state index in [1.165, 1.54) is 5.56 Å². The smallest absolute Gasteiger partial charge is 0.224 e. The first-order chi connectivity index (χ1) is 10.2. The molecule has 0 aliphatic heterocycles. The zero-order valence-corrected chi connectivity index (χ0v) is 12.8. The van der Waals surface area contributed by atoms with Crippen LogP contribution in [0.5, 0.6) is 0 Å². The molecule has 0 aromatic heterocycles. The first-order valence-corrected chi connectivity index (χ1v) is 7.35. The predicted octanol–water partition coefficient (Wildman–Crippen LogP) is 4.26. The van der Waals surface area contributed by atoms with Crippen molar-refractivity contribution < 1.29 is 4.79 Å². The van der Waals surface area contributed by atoms with Gasteiger partial charge >= 0.3 is 0 Å². The lowest BCUT2D eigenvalue weighted by Gasteiger charge is -2.02. The van der Waals surface area contributed by atoms with Crippen molar-refractivity contribution in [2.24, 2.45) is 0 Å². The Hall–Kier alpha value is -2.29. The van der Waals surface area contributed by atoms with Crippen LogP contribution in [0.3, 0.4) is 0 Å². The van der Waals surface area contributed by atoms with Crippen molar-refractivity contribution >= 4 is 17.3 Å². The molecule has 0 unspecified atom stereocenters. The predicted molar refractivity (Wildman–Crippen MR) is 90.2 cm³/mol. The summed E-state index contributed by atoms with van der Waals surface area (Å²) >= 11 is 0. The van der Waals surface area contributed by atoms with Gasteiger partial charge in [0.1, 0.15) is 0 Å². The maximum absolute atomic E-state index is 11.1. The van der Waals surface area contributed by atoms with E-state index in [2.05, 4.69) is 18.3 Å². The third-order valence-electron chi connectivity index (χ3n) is 2.97. The van der Waals surface area contributed by atoms with Crippen LogP contribution in [0, 0.1) is 0 Å². The molecular weight excluding hydrogens is 260 g/mol. The topological polar surface area (TPSA) is 55.1 Å². The SMILES string of the molecule is CCCC(=O)Nc1ccccc1.CCc1ccccc1N. The second kappa shape index (κ2) is 9.59. The first kappa shape index (κ1) is 16.8. The van der Waals surface area contributed by atoms with Crippen LogP contribution in [0.15, 0.2) is 54.6 Å². The van der Waals surface area contributed by atoms with Crippen LogP contribution >= 0.6 is 0 Å². The highest BCUT2D eigenvalue weighted by Crippen LogP contribution is 2.09. The van der Waals surface area contributed by atoms with E-state index in [4.69, 9.17) is 5.73 Å². The van der Waals surface area contributed by atoms with Gasteiger partial charge in [-0.05, 0) is 36.6 Å². The van der Waals surface area contributed by atoms with Crippen LogP contribution < -0.4 is 11.1 Å². The average molecular weight is 284 g/mol. The molecule has 3 heteroatoms. The highest BCUT2D eigenvalue weighted by Gasteiger charge is 1.98. The van der Waals surface area contributed by atoms with Crippen molar-refractivity contribution in [3.8, 4) is 0 Å². The molecule has 2 aromatic carbocycles. The minimum atomic E-state index is 0.0868. The number of benzene rings is 2. The number of hydrogen-bond donors (Lipinski definition) is 2. The summed E-state index contributed by atoms with van der Waals surface area (Å²) in [5, 5.41) is 2.80. The molecule has 2 aromatic rings. The Morgan fingerprint density at radius 3 is 2.14 bits per heavy atom. The van der Waals surface area contributed by atoms with Gasteiger partial charge in [0.25, 0.3) is 0 Å². The number of rotatable bonds is 4. The summed E-state index contributed by atoms with van der Waals surface area (Å²) in [6, 6.07) is 17.4. The lowest BCUT2D eigenvalue weighted by atomic mass is 10.1. The number of aryl methyl sites for hydroxylation is 1. The summed E-state index contributed by atoms with van der Waals surface area (Å²) in [4.78, 5) is 11.1. The van der Waals surface area contributed by atoms with Gasteiger partial charge in [-0.25, -0.2) is 0 Å². The number of anilines is 2. The minimum absolute atomic E-state index is 0.0868. The summed E-state index contributed by atoms with van der Waals surface area (Å²) in [7, 11) is 0. The number of carbonyl (C=O) groups is 1. The highest BCUT2D eigenvalue weighted by atomic mass is 16.1. The number of amides is 1. The number of nitrogens with one attached hydrogen (secondary N) is 1. The Morgan fingerprint density at radius 2 is 1.62 bits per heavy atom. The molecule has 0 heterocycles. The van der Waals surface area contributed by atoms with Gasteiger partial charge in [0.2, 0.25) is 5.91 Å². The minimum Gasteiger partial charge on any atom is -0.399 e. The summed E-state index contributed by atoms with van der Waals surface area (Å²) in [6.45, 7) is 4.09. The maximum Gasteiger partial charge on any atom is 0.224 e. The third-order valence-corrected chi connectivity index (χ3v) is 2.97. The zero-order valence-electron chi connectivity index (χ0n) is 12.8. The number of carbonyl (C=O) groups excluding carboxylic acids is 1. The second-order valence-corrected chi connectivity index (χ2v) is 4.72. The molecule has 0 fully saturated rings. The molecule has 21 heavy (non-hydrogen) atoms. The highest BCUT2D eigenvalue weighted by molar-refractivity contribution is 5.90. The van der Waals surface area contributed by atoms with E-state index in [0.29, 0.717) is 6.42 Å². The largest absolute Gasteiger partial charge is 0.399 e. The molecule has 0 saturated heterocycles. The van der Waals surface area contributed by atoms with Crippen molar-refractivity contribution in [1.82, 2.24) is 0 Å². The molecule has 0 atom stereocenters. The van der Waals surface area contributed by atoms with E-state index in [0.717, 1.165) is 24.2 Å². The molecule has 0 aliphatic carbocycles. The van der Waals surface area contributed by atoms with Crippen molar-refractivity contribution in [2.45, 2.75) is 33.1 Å². The van der Waals surface area contributed by atoms with Gasteiger partial charge in [0.15, 0.2) is 0 Å². The molecule has 0 saturated carbocycles. The third kappa shape index (κ3) is 6.61. The molecule has 112 valence electrons. The van der Waals surface area contributed by atoms with E-state index < -0.39 is 0 Å². The molecule has 0 bridgehead atoms. The normalized spacial score (nSPS) is 9.43. The molecule has 3 nitrogen and oxygen atoms in total. The molecule has 2 rings (SSSR count). The van der Waals surface area contributed by atoms with Crippen LogP contribution in [-0.2, 0) is 11.2 Å². The van der Waals surface area contributed by atoms with Gasteiger partial charge in [-0.3, -0.25) is 4.79 Å². The molecule has 3 N–H and O–H groups in total. The molecule has 0 aliphatic rings. The van der Waals surface area contributed by atoms with Crippen molar-refractivity contribution in [3.05, 3.63) is 60.2 Å². The number of nitrogen functional groups attached to an aromatic ring is 1. The molecular formula is C18H24N2O. The molecule has 1 amide bonds. The van der Waals surface area contributed by atoms with E-state index in [9.17, 15) is 4.79 Å². The second-order valence-electron chi connectivity index (χ2n) is 4.72. The lowest BCUT2D eigenvalue weighted by molar-refractivity contribution is -0.116. The van der Waals surface area contributed by atoms with Crippen LogP contribution in [0.25, 0.3) is 0 Å². The first-order valence-electron chi connectivity index (χ1n) is 7.35. The number of para-hydroxylation sites is 2. The van der Waals surface area contributed by atoms with Crippen molar-refractivity contribution in [2.75, 3.05) is 11.1 Å². The van der Waals surface area contributed by atoms with Gasteiger partial charge < -0.3 is 11.1 Å². The molecule has 0 spiro atoms. The Bertz CT molecular complexity index is 538. The van der Waals surface area contributed by atoms with Gasteiger partial charge in [-0.15, -0.1) is 0 Å². The average Bonchev–Trinajstić information content (AvgIpc) is 2.50. The van der Waals surface area contributed by atoms with Crippen LogP contribution in [-0.4, -0.2) is 5.91 Å². The van der Waals surface area contributed by atoms with E-state index in [-0.39, 0.29) is 5.91 Å². The monoisotopic (exact) mass is 284 g/mol. The quantitative estimate of drug-likeness (QED) is 0.824. The summed E-state index contributed by atoms with van der Waals surface area (Å²) < 4.78 is 0. The van der Waals surface area contributed by atoms with E-state index in [1.807, 2.05) is 55.5 Å². The van der Waals surface area contributed by atoms with Gasteiger partial charge in [0, 0.05) is 17.8 Å².